The summed E-state index contributed by atoms with van der Waals surface area (Å²) in [5.74, 6) is 0.599. The number of nitrogens with one attached hydrogen (secondary N) is 2. The highest BCUT2D eigenvalue weighted by atomic mass is 16.1. The summed E-state index contributed by atoms with van der Waals surface area (Å²) in [6.07, 6.45) is 1.71. The van der Waals surface area contributed by atoms with E-state index in [0.717, 1.165) is 30.9 Å². The zero-order valence-corrected chi connectivity index (χ0v) is 11.1. The smallest absolute Gasteiger partial charge is 0.224 e. The Balaban J connectivity index is 1.91. The van der Waals surface area contributed by atoms with Crippen LogP contribution in [0.4, 0.5) is 11.4 Å². The van der Waals surface area contributed by atoms with E-state index in [-0.39, 0.29) is 5.91 Å². The van der Waals surface area contributed by atoms with Gasteiger partial charge in [0.15, 0.2) is 0 Å². The third-order valence-corrected chi connectivity index (χ3v) is 3.28. The summed E-state index contributed by atoms with van der Waals surface area (Å²) in [4.78, 5) is 13.9. The second-order valence-corrected chi connectivity index (χ2v) is 5.06. The molecule has 2 N–H and O–H groups in total. The van der Waals surface area contributed by atoms with Gasteiger partial charge in [-0.15, -0.1) is 0 Å². The molecule has 1 fully saturated rings. The zero-order chi connectivity index (χ0) is 13.0. The molecule has 1 aromatic carbocycles. The van der Waals surface area contributed by atoms with Crippen molar-refractivity contribution in [3.05, 3.63) is 24.3 Å². The molecule has 0 aliphatic carbocycles. The lowest BCUT2D eigenvalue weighted by molar-refractivity contribution is -0.116. The first kappa shape index (κ1) is 12.9. The number of amides is 1. The van der Waals surface area contributed by atoms with E-state index in [1.165, 1.54) is 0 Å². The highest BCUT2D eigenvalue weighted by molar-refractivity contribution is 5.91. The van der Waals surface area contributed by atoms with Gasteiger partial charge in [0.05, 0.1) is 0 Å². The Kier molecular flexibility index (Phi) is 4.20. The topological polar surface area (TPSA) is 44.4 Å². The first-order valence-corrected chi connectivity index (χ1v) is 6.43. The van der Waals surface area contributed by atoms with Gasteiger partial charge in [0.2, 0.25) is 5.91 Å². The first-order valence-electron chi connectivity index (χ1n) is 6.43. The average Bonchev–Trinajstić information content (AvgIpc) is 2.82. The SMILES string of the molecule is CN(C)c1cccc(NC(=O)CC2CCNC2)c1. The summed E-state index contributed by atoms with van der Waals surface area (Å²) >= 11 is 0. The maximum atomic E-state index is 11.9. The second kappa shape index (κ2) is 5.87. The molecule has 4 nitrogen and oxygen atoms in total. The van der Waals surface area contributed by atoms with Crippen molar-refractivity contribution in [1.29, 1.82) is 0 Å². The van der Waals surface area contributed by atoms with E-state index >= 15 is 0 Å². The fraction of sp³-hybridized carbons (Fsp3) is 0.500. The standard InChI is InChI=1S/C14H21N3O/c1-17(2)13-5-3-4-12(9-13)16-14(18)8-11-6-7-15-10-11/h3-5,9,11,15H,6-8,10H2,1-2H3,(H,16,18). The average molecular weight is 247 g/mol. The van der Waals surface area contributed by atoms with Crippen LogP contribution in [0.15, 0.2) is 24.3 Å². The molecule has 0 bridgehead atoms. The van der Waals surface area contributed by atoms with E-state index in [9.17, 15) is 4.79 Å². The summed E-state index contributed by atoms with van der Waals surface area (Å²) < 4.78 is 0. The van der Waals surface area contributed by atoms with E-state index in [2.05, 4.69) is 10.6 Å². The third kappa shape index (κ3) is 3.47. The molecule has 1 aliphatic heterocycles. The van der Waals surface area contributed by atoms with E-state index < -0.39 is 0 Å². The Hall–Kier alpha value is -1.55. The molecule has 0 radical (unpaired) electrons. The quantitative estimate of drug-likeness (QED) is 0.851. The molecule has 4 heteroatoms. The van der Waals surface area contributed by atoms with Crippen molar-refractivity contribution in [2.24, 2.45) is 5.92 Å². The van der Waals surface area contributed by atoms with Crippen molar-refractivity contribution in [3.8, 4) is 0 Å². The van der Waals surface area contributed by atoms with E-state index in [1.54, 1.807) is 0 Å². The maximum absolute atomic E-state index is 11.9. The van der Waals surface area contributed by atoms with Crippen LogP contribution in [-0.4, -0.2) is 33.1 Å². The Morgan fingerprint density at radius 3 is 3.00 bits per heavy atom. The molecule has 0 spiro atoms. The summed E-state index contributed by atoms with van der Waals surface area (Å²) in [6, 6.07) is 7.90. The lowest BCUT2D eigenvalue weighted by Gasteiger charge is -2.14. The molecule has 1 aliphatic rings. The molecular weight excluding hydrogens is 226 g/mol. The largest absolute Gasteiger partial charge is 0.378 e. The van der Waals surface area contributed by atoms with Gasteiger partial charge in [0.25, 0.3) is 0 Å². The first-order chi connectivity index (χ1) is 8.65. The maximum Gasteiger partial charge on any atom is 0.224 e. The Morgan fingerprint density at radius 2 is 2.33 bits per heavy atom. The van der Waals surface area contributed by atoms with Crippen LogP contribution in [0.3, 0.4) is 0 Å². The molecule has 18 heavy (non-hydrogen) atoms. The van der Waals surface area contributed by atoms with Crippen LogP contribution in [0.2, 0.25) is 0 Å². The third-order valence-electron chi connectivity index (χ3n) is 3.28. The highest BCUT2D eigenvalue weighted by Crippen LogP contribution is 2.18. The molecule has 1 heterocycles. The van der Waals surface area contributed by atoms with Gasteiger partial charge in [0.1, 0.15) is 0 Å². The Bertz CT molecular complexity index is 411. The van der Waals surface area contributed by atoms with Crippen LogP contribution in [0.5, 0.6) is 0 Å². The van der Waals surface area contributed by atoms with Gasteiger partial charge in [-0.3, -0.25) is 4.79 Å². The van der Waals surface area contributed by atoms with Gasteiger partial charge in [0, 0.05) is 31.9 Å². The van der Waals surface area contributed by atoms with Crippen LogP contribution in [0.1, 0.15) is 12.8 Å². The lowest BCUT2D eigenvalue weighted by atomic mass is 10.0. The fourth-order valence-corrected chi connectivity index (χ4v) is 2.22. The van der Waals surface area contributed by atoms with Crippen LogP contribution >= 0.6 is 0 Å². The number of benzene rings is 1. The molecule has 0 saturated carbocycles. The minimum Gasteiger partial charge on any atom is -0.378 e. The Morgan fingerprint density at radius 1 is 1.50 bits per heavy atom. The van der Waals surface area contributed by atoms with Gasteiger partial charge in [-0.25, -0.2) is 0 Å². The normalized spacial score (nSPS) is 18.7. The van der Waals surface area contributed by atoms with Crippen LogP contribution in [-0.2, 0) is 4.79 Å². The minimum absolute atomic E-state index is 0.111. The number of nitrogens with zero attached hydrogens (tertiary/aromatic N) is 1. The summed E-state index contributed by atoms with van der Waals surface area (Å²) in [7, 11) is 3.98. The minimum atomic E-state index is 0.111. The van der Waals surface area contributed by atoms with Crippen molar-refractivity contribution < 1.29 is 4.79 Å². The van der Waals surface area contributed by atoms with Crippen LogP contribution in [0, 0.1) is 5.92 Å². The van der Waals surface area contributed by atoms with Crippen molar-refractivity contribution in [2.45, 2.75) is 12.8 Å². The number of hydrogen-bond donors (Lipinski definition) is 2. The molecular formula is C14H21N3O. The number of rotatable bonds is 4. The van der Waals surface area contributed by atoms with Crippen molar-refractivity contribution >= 4 is 17.3 Å². The fourth-order valence-electron chi connectivity index (χ4n) is 2.22. The van der Waals surface area contributed by atoms with E-state index in [0.29, 0.717) is 12.3 Å². The molecule has 1 aromatic rings. The van der Waals surface area contributed by atoms with Gasteiger partial charge in [-0.05, 0) is 43.6 Å². The number of hydrogen-bond acceptors (Lipinski definition) is 3. The van der Waals surface area contributed by atoms with Crippen LogP contribution < -0.4 is 15.5 Å². The second-order valence-electron chi connectivity index (χ2n) is 5.06. The van der Waals surface area contributed by atoms with Crippen molar-refractivity contribution in [2.75, 3.05) is 37.4 Å². The number of carbonyl (C=O) groups is 1. The van der Waals surface area contributed by atoms with Crippen molar-refractivity contribution in [1.82, 2.24) is 5.32 Å². The monoisotopic (exact) mass is 247 g/mol. The molecule has 1 atom stereocenters. The number of anilines is 2. The molecule has 1 amide bonds. The van der Waals surface area contributed by atoms with Gasteiger partial charge in [-0.1, -0.05) is 6.07 Å². The van der Waals surface area contributed by atoms with E-state index in [1.807, 2.05) is 43.3 Å². The van der Waals surface area contributed by atoms with Gasteiger partial charge >= 0.3 is 0 Å². The molecule has 98 valence electrons. The van der Waals surface area contributed by atoms with Crippen molar-refractivity contribution in [3.63, 3.8) is 0 Å². The summed E-state index contributed by atoms with van der Waals surface area (Å²) in [6.45, 7) is 2.00. The Labute approximate surface area is 108 Å². The highest BCUT2D eigenvalue weighted by Gasteiger charge is 2.17. The molecule has 2 rings (SSSR count). The predicted molar refractivity (Wildman–Crippen MR) is 75.0 cm³/mol. The van der Waals surface area contributed by atoms with E-state index in [4.69, 9.17) is 0 Å². The summed E-state index contributed by atoms with van der Waals surface area (Å²) in [5, 5.41) is 6.25. The molecule has 1 unspecified atom stereocenters. The molecule has 0 aromatic heterocycles. The lowest BCUT2D eigenvalue weighted by Crippen LogP contribution is -2.18. The zero-order valence-electron chi connectivity index (χ0n) is 11.1. The molecule has 1 saturated heterocycles. The number of carbonyl (C=O) groups excluding carboxylic acids is 1. The van der Waals surface area contributed by atoms with Crippen LogP contribution in [0.25, 0.3) is 0 Å². The predicted octanol–water partition coefficient (Wildman–Crippen LogP) is 1.69. The summed E-state index contributed by atoms with van der Waals surface area (Å²) in [5.41, 5.74) is 1.97. The van der Waals surface area contributed by atoms with Gasteiger partial charge < -0.3 is 15.5 Å². The van der Waals surface area contributed by atoms with Gasteiger partial charge in [-0.2, -0.15) is 0 Å².